The molecule has 1 amide bonds. The topological polar surface area (TPSA) is 35.6 Å². The van der Waals surface area contributed by atoms with E-state index in [4.69, 9.17) is 12.2 Å². The third-order valence-corrected chi connectivity index (χ3v) is 4.97. The Balaban J connectivity index is 2.07. The quantitative estimate of drug-likeness (QED) is 0.868. The van der Waals surface area contributed by atoms with Gasteiger partial charge in [-0.3, -0.25) is 4.79 Å². The van der Waals surface area contributed by atoms with Gasteiger partial charge in [0, 0.05) is 25.8 Å². The van der Waals surface area contributed by atoms with E-state index in [0.717, 1.165) is 34.8 Å². The fourth-order valence-electron chi connectivity index (χ4n) is 2.74. The molecular formula is C15H19N3OS2. The van der Waals surface area contributed by atoms with Crippen LogP contribution in [0.15, 0.2) is 28.1 Å². The van der Waals surface area contributed by atoms with Gasteiger partial charge in [0.15, 0.2) is 5.11 Å². The second-order valence-corrected chi connectivity index (χ2v) is 6.91. The monoisotopic (exact) mass is 321 g/mol. The zero-order valence-electron chi connectivity index (χ0n) is 12.4. The van der Waals surface area contributed by atoms with Crippen LogP contribution < -0.4 is 5.32 Å². The highest BCUT2D eigenvalue weighted by Gasteiger charge is 2.40. The molecule has 112 valence electrons. The van der Waals surface area contributed by atoms with Gasteiger partial charge in [0.2, 0.25) is 0 Å². The highest BCUT2D eigenvalue weighted by Crippen LogP contribution is 2.38. The lowest BCUT2D eigenvalue weighted by Gasteiger charge is -2.38. The average Bonchev–Trinajstić information content (AvgIpc) is 3.10. The standard InChI is InChI=1S/C15H19N3OS2/c1-9-12(14(19)17(2)3)13(10-6-7-21-8-10)16-15(20)18(9)11-4-5-11/h6-8,11,13H,4-5H2,1-3H3,(H,16,20). The normalized spacial score (nSPS) is 22.3. The zero-order valence-corrected chi connectivity index (χ0v) is 14.1. The predicted molar refractivity (Wildman–Crippen MR) is 89.0 cm³/mol. The van der Waals surface area contributed by atoms with Crippen LogP contribution in [0.4, 0.5) is 0 Å². The molecule has 1 aromatic rings. The Morgan fingerprint density at radius 1 is 1.48 bits per heavy atom. The summed E-state index contributed by atoms with van der Waals surface area (Å²) in [6.07, 6.45) is 2.29. The van der Waals surface area contributed by atoms with Crippen LogP contribution >= 0.6 is 23.6 Å². The van der Waals surface area contributed by atoms with Crippen LogP contribution in [0.3, 0.4) is 0 Å². The Bertz CT molecular complexity index is 602. The average molecular weight is 321 g/mol. The molecule has 6 heteroatoms. The SMILES string of the molecule is CC1=C(C(=O)N(C)C)C(c2ccsc2)NC(=S)N1C1CC1. The molecule has 1 unspecified atom stereocenters. The summed E-state index contributed by atoms with van der Waals surface area (Å²) in [7, 11) is 3.59. The van der Waals surface area contributed by atoms with Gasteiger partial charge in [-0.2, -0.15) is 11.3 Å². The fourth-order valence-corrected chi connectivity index (χ4v) is 3.83. The molecule has 1 aliphatic carbocycles. The van der Waals surface area contributed by atoms with Crippen LogP contribution in [0, 0.1) is 0 Å². The molecule has 0 radical (unpaired) electrons. The summed E-state index contributed by atoms with van der Waals surface area (Å²) in [6.45, 7) is 2.02. The molecule has 3 rings (SSSR count). The molecule has 0 spiro atoms. The molecule has 0 bridgehead atoms. The van der Waals surface area contributed by atoms with Crippen molar-refractivity contribution in [1.29, 1.82) is 0 Å². The summed E-state index contributed by atoms with van der Waals surface area (Å²) in [6, 6.07) is 2.36. The number of nitrogens with zero attached hydrogens (tertiary/aromatic N) is 2. The molecule has 0 saturated heterocycles. The summed E-state index contributed by atoms with van der Waals surface area (Å²) in [5, 5.41) is 8.20. The van der Waals surface area contributed by atoms with E-state index in [1.54, 1.807) is 30.3 Å². The molecule has 1 aliphatic heterocycles. The summed E-state index contributed by atoms with van der Waals surface area (Å²) in [5.41, 5.74) is 2.90. The first kappa shape index (κ1) is 14.5. The number of allylic oxidation sites excluding steroid dienone is 1. The number of carbonyl (C=O) groups excluding carboxylic acids is 1. The third kappa shape index (κ3) is 2.58. The number of amides is 1. The number of hydrogen-bond donors (Lipinski definition) is 1. The van der Waals surface area contributed by atoms with Gasteiger partial charge in [-0.1, -0.05) is 0 Å². The number of carbonyl (C=O) groups is 1. The Kier molecular flexibility index (Phi) is 3.75. The summed E-state index contributed by atoms with van der Waals surface area (Å²) in [4.78, 5) is 16.4. The summed E-state index contributed by atoms with van der Waals surface area (Å²) < 4.78 is 0. The minimum atomic E-state index is -0.145. The molecule has 1 N–H and O–H groups in total. The van der Waals surface area contributed by atoms with Gasteiger partial charge < -0.3 is 15.1 Å². The zero-order chi connectivity index (χ0) is 15.1. The Morgan fingerprint density at radius 3 is 2.71 bits per heavy atom. The number of thiocarbonyl (C=S) groups is 1. The van der Waals surface area contributed by atoms with E-state index in [-0.39, 0.29) is 11.9 Å². The van der Waals surface area contributed by atoms with Gasteiger partial charge in [-0.15, -0.1) is 0 Å². The number of hydrogen-bond acceptors (Lipinski definition) is 3. The van der Waals surface area contributed by atoms with Crippen LogP contribution in [0.25, 0.3) is 0 Å². The van der Waals surface area contributed by atoms with Crippen molar-refractivity contribution in [2.45, 2.75) is 31.8 Å². The van der Waals surface area contributed by atoms with Crippen molar-refractivity contribution in [2.75, 3.05) is 14.1 Å². The van der Waals surface area contributed by atoms with Gasteiger partial charge in [0.25, 0.3) is 5.91 Å². The van der Waals surface area contributed by atoms with Crippen LogP contribution in [0.2, 0.25) is 0 Å². The first-order valence-electron chi connectivity index (χ1n) is 7.05. The van der Waals surface area contributed by atoms with Crippen LogP contribution in [0.1, 0.15) is 31.4 Å². The Labute approximate surface area is 134 Å². The van der Waals surface area contributed by atoms with E-state index < -0.39 is 0 Å². The second-order valence-electron chi connectivity index (χ2n) is 5.74. The number of nitrogens with one attached hydrogen (secondary N) is 1. The van der Waals surface area contributed by atoms with E-state index in [1.165, 1.54) is 0 Å². The maximum absolute atomic E-state index is 12.7. The van der Waals surface area contributed by atoms with Crippen molar-refractivity contribution in [1.82, 2.24) is 15.1 Å². The van der Waals surface area contributed by atoms with E-state index in [1.807, 2.05) is 18.4 Å². The smallest absolute Gasteiger partial charge is 0.253 e. The predicted octanol–water partition coefficient (Wildman–Crippen LogP) is 2.50. The number of likely N-dealkylation sites (N-methyl/N-ethyl adjacent to an activating group) is 1. The lowest BCUT2D eigenvalue weighted by atomic mass is 9.96. The molecule has 1 atom stereocenters. The molecule has 0 aromatic carbocycles. The van der Waals surface area contributed by atoms with Crippen molar-refractivity contribution in [2.24, 2.45) is 0 Å². The van der Waals surface area contributed by atoms with Crippen molar-refractivity contribution in [3.63, 3.8) is 0 Å². The summed E-state index contributed by atoms with van der Waals surface area (Å²) in [5.74, 6) is 0.0457. The third-order valence-electron chi connectivity index (χ3n) is 3.95. The molecule has 1 fully saturated rings. The lowest BCUT2D eigenvalue weighted by molar-refractivity contribution is -0.125. The van der Waals surface area contributed by atoms with E-state index in [2.05, 4.69) is 15.6 Å². The van der Waals surface area contributed by atoms with Crippen molar-refractivity contribution in [3.05, 3.63) is 33.7 Å². The molecular weight excluding hydrogens is 302 g/mol. The summed E-state index contributed by atoms with van der Waals surface area (Å²) >= 11 is 7.17. The van der Waals surface area contributed by atoms with Gasteiger partial charge in [-0.05, 0) is 54.4 Å². The van der Waals surface area contributed by atoms with Crippen LogP contribution in [-0.4, -0.2) is 41.0 Å². The number of thiophene rings is 1. The second kappa shape index (κ2) is 5.42. The van der Waals surface area contributed by atoms with Gasteiger partial charge >= 0.3 is 0 Å². The van der Waals surface area contributed by atoms with E-state index >= 15 is 0 Å². The minimum absolute atomic E-state index is 0.0457. The highest BCUT2D eigenvalue weighted by molar-refractivity contribution is 7.80. The molecule has 1 saturated carbocycles. The van der Waals surface area contributed by atoms with Crippen LogP contribution in [-0.2, 0) is 4.79 Å². The van der Waals surface area contributed by atoms with Crippen molar-refractivity contribution >= 4 is 34.6 Å². The molecule has 2 heterocycles. The molecule has 4 nitrogen and oxygen atoms in total. The van der Waals surface area contributed by atoms with E-state index in [0.29, 0.717) is 6.04 Å². The Morgan fingerprint density at radius 2 is 2.19 bits per heavy atom. The van der Waals surface area contributed by atoms with Crippen molar-refractivity contribution in [3.8, 4) is 0 Å². The Hall–Kier alpha value is -1.40. The number of rotatable bonds is 3. The first-order valence-corrected chi connectivity index (χ1v) is 8.40. The highest BCUT2D eigenvalue weighted by atomic mass is 32.1. The van der Waals surface area contributed by atoms with Crippen LogP contribution in [0.5, 0.6) is 0 Å². The minimum Gasteiger partial charge on any atom is -0.351 e. The largest absolute Gasteiger partial charge is 0.351 e. The first-order chi connectivity index (χ1) is 10.0. The fraction of sp³-hybridized carbons (Fsp3) is 0.467. The van der Waals surface area contributed by atoms with Gasteiger partial charge in [-0.25, -0.2) is 0 Å². The van der Waals surface area contributed by atoms with Crippen molar-refractivity contribution < 1.29 is 4.79 Å². The van der Waals surface area contributed by atoms with Gasteiger partial charge in [0.05, 0.1) is 11.6 Å². The van der Waals surface area contributed by atoms with E-state index in [9.17, 15) is 4.79 Å². The lowest BCUT2D eigenvalue weighted by Crippen LogP contribution is -2.49. The van der Waals surface area contributed by atoms with Gasteiger partial charge in [0.1, 0.15) is 0 Å². The molecule has 2 aliphatic rings. The molecule has 1 aromatic heterocycles. The maximum Gasteiger partial charge on any atom is 0.253 e. The maximum atomic E-state index is 12.7. The molecule has 21 heavy (non-hydrogen) atoms.